The lowest BCUT2D eigenvalue weighted by atomic mass is 10.1. The number of methoxy groups -OCH3 is 3. The van der Waals surface area contributed by atoms with Gasteiger partial charge in [0, 0.05) is 24.1 Å². The topological polar surface area (TPSA) is 115 Å². The molecule has 2 aromatic carbocycles. The van der Waals surface area contributed by atoms with E-state index in [1.54, 1.807) is 24.3 Å². The lowest BCUT2D eigenvalue weighted by Gasteiger charge is -2.14. The van der Waals surface area contributed by atoms with Gasteiger partial charge in [-0.05, 0) is 37.6 Å². The summed E-state index contributed by atoms with van der Waals surface area (Å²) in [6, 6.07) is 10.1. The number of hydrogen-bond acceptors (Lipinski definition) is 6. The molecular weight excluding hydrogens is 402 g/mol. The fraction of sp³-hybridized carbons (Fsp3) is 0.318. The van der Waals surface area contributed by atoms with Crippen LogP contribution >= 0.6 is 0 Å². The van der Waals surface area contributed by atoms with Crippen molar-refractivity contribution in [2.45, 2.75) is 19.8 Å². The van der Waals surface area contributed by atoms with Gasteiger partial charge in [-0.25, -0.2) is 0 Å². The number of rotatable bonds is 9. The second kappa shape index (κ2) is 11.4. The fourth-order valence-corrected chi connectivity index (χ4v) is 2.73. The maximum absolute atomic E-state index is 12.4. The second-order valence-electron chi connectivity index (χ2n) is 6.64. The highest BCUT2D eigenvalue weighted by Crippen LogP contribution is 2.38. The Morgan fingerprint density at radius 1 is 0.806 bits per heavy atom. The van der Waals surface area contributed by atoms with Gasteiger partial charge in [0.1, 0.15) is 0 Å². The first-order chi connectivity index (χ1) is 14.9. The van der Waals surface area contributed by atoms with Crippen LogP contribution in [-0.2, 0) is 4.79 Å². The van der Waals surface area contributed by atoms with Gasteiger partial charge >= 0.3 is 0 Å². The number of carbonyl (C=O) groups excluding carboxylic acids is 3. The molecule has 9 heteroatoms. The van der Waals surface area contributed by atoms with E-state index in [1.807, 2.05) is 19.1 Å². The normalized spacial score (nSPS) is 10.1. The molecule has 9 nitrogen and oxygen atoms in total. The van der Waals surface area contributed by atoms with Crippen LogP contribution in [0.15, 0.2) is 36.4 Å². The first-order valence-electron chi connectivity index (χ1n) is 9.63. The molecule has 0 aliphatic heterocycles. The Hall–Kier alpha value is -3.75. The standard InChI is InChI=1S/C22H27N3O6/c1-14-7-9-15(10-8-14)22(28)25-24-19(26)6-5-11-23-21(27)16-12-17(29-2)20(31-4)18(13-16)30-3/h7-10,12-13H,5-6,11H2,1-4H3,(H,23,27)(H,24,26)(H,25,28). The summed E-state index contributed by atoms with van der Waals surface area (Å²) < 4.78 is 15.7. The highest BCUT2D eigenvalue weighted by Gasteiger charge is 2.17. The average molecular weight is 429 g/mol. The minimum absolute atomic E-state index is 0.129. The third kappa shape index (κ3) is 6.63. The van der Waals surface area contributed by atoms with Gasteiger partial charge < -0.3 is 19.5 Å². The Labute approximate surface area is 181 Å². The zero-order valence-electron chi connectivity index (χ0n) is 18.0. The Morgan fingerprint density at radius 3 is 1.97 bits per heavy atom. The smallest absolute Gasteiger partial charge is 0.269 e. The molecule has 0 aromatic heterocycles. The van der Waals surface area contributed by atoms with E-state index in [9.17, 15) is 14.4 Å². The van der Waals surface area contributed by atoms with E-state index in [1.165, 1.54) is 21.3 Å². The predicted molar refractivity (Wildman–Crippen MR) is 114 cm³/mol. The molecule has 2 aromatic rings. The molecule has 31 heavy (non-hydrogen) atoms. The maximum atomic E-state index is 12.4. The molecule has 3 amide bonds. The van der Waals surface area contributed by atoms with Gasteiger partial charge in [-0.1, -0.05) is 17.7 Å². The summed E-state index contributed by atoms with van der Waals surface area (Å²) in [6.45, 7) is 2.19. The van der Waals surface area contributed by atoms with Crippen molar-refractivity contribution in [3.63, 3.8) is 0 Å². The molecule has 0 saturated carbocycles. The number of nitrogens with one attached hydrogen (secondary N) is 3. The molecule has 166 valence electrons. The van der Waals surface area contributed by atoms with Gasteiger partial charge in [0.2, 0.25) is 11.7 Å². The van der Waals surface area contributed by atoms with E-state index < -0.39 is 5.91 Å². The second-order valence-corrected chi connectivity index (χ2v) is 6.64. The van der Waals surface area contributed by atoms with Crippen LogP contribution in [0.5, 0.6) is 17.2 Å². The van der Waals surface area contributed by atoms with Crippen LogP contribution in [0, 0.1) is 6.92 Å². The highest BCUT2D eigenvalue weighted by atomic mass is 16.5. The van der Waals surface area contributed by atoms with E-state index in [2.05, 4.69) is 16.2 Å². The van der Waals surface area contributed by atoms with Crippen molar-refractivity contribution >= 4 is 17.7 Å². The van der Waals surface area contributed by atoms with E-state index in [0.29, 0.717) is 34.8 Å². The Kier molecular flexibility index (Phi) is 8.68. The van der Waals surface area contributed by atoms with Crippen molar-refractivity contribution in [2.75, 3.05) is 27.9 Å². The van der Waals surface area contributed by atoms with Crippen molar-refractivity contribution in [3.8, 4) is 17.2 Å². The molecule has 0 atom stereocenters. The molecule has 2 rings (SSSR count). The number of amides is 3. The van der Waals surface area contributed by atoms with Gasteiger partial charge in [0.15, 0.2) is 11.5 Å². The van der Waals surface area contributed by atoms with Crippen molar-refractivity contribution in [1.29, 1.82) is 0 Å². The Morgan fingerprint density at radius 2 is 1.42 bits per heavy atom. The molecule has 0 spiro atoms. The number of aryl methyl sites for hydroxylation is 1. The quantitative estimate of drug-likeness (QED) is 0.415. The average Bonchev–Trinajstić information content (AvgIpc) is 2.79. The fourth-order valence-electron chi connectivity index (χ4n) is 2.73. The number of hydrogen-bond donors (Lipinski definition) is 3. The summed E-state index contributed by atoms with van der Waals surface area (Å²) in [7, 11) is 4.42. The molecule has 0 heterocycles. The van der Waals surface area contributed by atoms with E-state index in [4.69, 9.17) is 14.2 Å². The van der Waals surface area contributed by atoms with Crippen molar-refractivity contribution < 1.29 is 28.6 Å². The zero-order valence-corrected chi connectivity index (χ0v) is 18.0. The summed E-state index contributed by atoms with van der Waals surface area (Å²) in [5.74, 6) is 0.0381. The first-order valence-corrected chi connectivity index (χ1v) is 9.63. The van der Waals surface area contributed by atoms with Crippen molar-refractivity contribution in [2.24, 2.45) is 0 Å². The molecule has 0 bridgehead atoms. The van der Waals surface area contributed by atoms with E-state index in [-0.39, 0.29) is 24.8 Å². The number of ether oxygens (including phenoxy) is 3. The van der Waals surface area contributed by atoms with Crippen LogP contribution < -0.4 is 30.4 Å². The number of benzene rings is 2. The first kappa shape index (κ1) is 23.5. The van der Waals surface area contributed by atoms with Crippen molar-refractivity contribution in [1.82, 2.24) is 16.2 Å². The zero-order chi connectivity index (χ0) is 22.8. The van der Waals surface area contributed by atoms with Crippen LogP contribution in [0.2, 0.25) is 0 Å². The number of hydrazine groups is 1. The SMILES string of the molecule is COc1cc(C(=O)NCCCC(=O)NNC(=O)c2ccc(C)cc2)cc(OC)c1OC. The minimum atomic E-state index is -0.399. The van der Waals surface area contributed by atoms with Crippen LogP contribution in [0.4, 0.5) is 0 Å². The summed E-state index contributed by atoms with van der Waals surface area (Å²) in [4.78, 5) is 36.3. The summed E-state index contributed by atoms with van der Waals surface area (Å²) in [5.41, 5.74) is 6.55. The molecule has 0 saturated heterocycles. The van der Waals surface area contributed by atoms with Gasteiger partial charge in [0.05, 0.1) is 21.3 Å². The van der Waals surface area contributed by atoms with Gasteiger partial charge in [-0.3, -0.25) is 25.2 Å². The van der Waals surface area contributed by atoms with Crippen LogP contribution in [0.1, 0.15) is 39.1 Å². The summed E-state index contributed by atoms with van der Waals surface area (Å²) in [6.07, 6.45) is 0.520. The highest BCUT2D eigenvalue weighted by molar-refractivity contribution is 5.96. The largest absolute Gasteiger partial charge is 0.493 e. The predicted octanol–water partition coefficient (Wildman–Crippen LogP) is 1.99. The van der Waals surface area contributed by atoms with E-state index in [0.717, 1.165) is 5.56 Å². The van der Waals surface area contributed by atoms with Crippen LogP contribution in [0.3, 0.4) is 0 Å². The van der Waals surface area contributed by atoms with E-state index >= 15 is 0 Å². The third-order valence-electron chi connectivity index (χ3n) is 4.42. The van der Waals surface area contributed by atoms with Crippen LogP contribution in [0.25, 0.3) is 0 Å². The summed E-state index contributed by atoms with van der Waals surface area (Å²) >= 11 is 0. The van der Waals surface area contributed by atoms with Gasteiger partial charge in [-0.2, -0.15) is 0 Å². The minimum Gasteiger partial charge on any atom is -0.493 e. The molecule has 0 aliphatic carbocycles. The molecule has 0 radical (unpaired) electrons. The molecule has 3 N–H and O–H groups in total. The lowest BCUT2D eigenvalue weighted by Crippen LogP contribution is -2.41. The van der Waals surface area contributed by atoms with Crippen LogP contribution in [-0.4, -0.2) is 45.6 Å². The summed E-state index contributed by atoms with van der Waals surface area (Å²) in [5, 5.41) is 2.73. The molecule has 0 unspecified atom stereocenters. The van der Waals surface area contributed by atoms with Gasteiger partial charge in [0.25, 0.3) is 11.8 Å². The third-order valence-corrected chi connectivity index (χ3v) is 4.42. The molecule has 0 aliphatic rings. The molecule has 0 fully saturated rings. The van der Waals surface area contributed by atoms with Gasteiger partial charge in [-0.15, -0.1) is 0 Å². The number of carbonyl (C=O) groups is 3. The Balaban J connectivity index is 1.78. The van der Waals surface area contributed by atoms with Crippen molar-refractivity contribution in [3.05, 3.63) is 53.1 Å². The molecular formula is C22H27N3O6. The maximum Gasteiger partial charge on any atom is 0.269 e. The lowest BCUT2D eigenvalue weighted by molar-refractivity contribution is -0.121. The Bertz CT molecular complexity index is 902. The monoisotopic (exact) mass is 429 g/mol.